The number of likely N-dealkylation sites (tertiary alicyclic amines) is 1. The van der Waals surface area contributed by atoms with Crippen LogP contribution in [-0.4, -0.2) is 52.2 Å². The van der Waals surface area contributed by atoms with Gasteiger partial charge in [0.25, 0.3) is 10.1 Å². The van der Waals surface area contributed by atoms with Crippen LogP contribution in [0.4, 0.5) is 4.79 Å². The summed E-state index contributed by atoms with van der Waals surface area (Å²) in [5.74, 6) is 1.76. The maximum absolute atomic E-state index is 12.3. The lowest BCUT2D eigenvalue weighted by Gasteiger charge is -2.29. The van der Waals surface area contributed by atoms with E-state index >= 15 is 0 Å². The molecule has 5 rings (SSSR count). The molecule has 198 valence electrons. The highest BCUT2D eigenvalue weighted by atomic mass is 32.2. The molecule has 0 unspecified atom stereocenters. The van der Waals surface area contributed by atoms with E-state index < -0.39 is 10.1 Å². The third-order valence-electron chi connectivity index (χ3n) is 6.00. The van der Waals surface area contributed by atoms with Crippen molar-refractivity contribution in [3.05, 3.63) is 90.1 Å². The van der Waals surface area contributed by atoms with Crippen LogP contribution in [-0.2, 0) is 10.1 Å². The Balaban J connectivity index is 0.000000257. The van der Waals surface area contributed by atoms with Crippen LogP contribution >= 0.6 is 0 Å². The quantitative estimate of drug-likeness (QED) is 0.355. The predicted molar refractivity (Wildman–Crippen MR) is 139 cm³/mol. The SMILES string of the molecule is Cc1ccc(-c2nnc(C3CCN(C(=O)Oc4cccnc4)CC3)o2)cc1.Cc1ccc(S(=O)(=O)O)cc1. The summed E-state index contributed by atoms with van der Waals surface area (Å²) in [6.45, 7) is 5.06. The summed E-state index contributed by atoms with van der Waals surface area (Å²) in [6, 6.07) is 17.4. The Kier molecular flexibility index (Phi) is 8.49. The van der Waals surface area contributed by atoms with Crippen LogP contribution in [0.1, 0.15) is 35.8 Å². The number of aryl methyl sites for hydroxylation is 2. The fourth-order valence-corrected chi connectivity index (χ4v) is 4.28. The summed E-state index contributed by atoms with van der Waals surface area (Å²) in [7, 11) is -4.02. The summed E-state index contributed by atoms with van der Waals surface area (Å²) in [6.07, 6.45) is 4.33. The largest absolute Gasteiger partial charge is 0.420 e. The molecule has 38 heavy (non-hydrogen) atoms. The lowest BCUT2D eigenvalue weighted by molar-refractivity contribution is 0.136. The number of carbonyl (C=O) groups is 1. The predicted octanol–water partition coefficient (Wildman–Crippen LogP) is 5.06. The van der Waals surface area contributed by atoms with E-state index in [1.807, 2.05) is 38.1 Å². The van der Waals surface area contributed by atoms with E-state index in [9.17, 15) is 13.2 Å². The third kappa shape index (κ3) is 7.24. The van der Waals surface area contributed by atoms with Gasteiger partial charge >= 0.3 is 6.09 Å². The molecule has 0 bridgehead atoms. The van der Waals surface area contributed by atoms with Crippen molar-refractivity contribution >= 4 is 16.2 Å². The van der Waals surface area contributed by atoms with Crippen LogP contribution in [0.25, 0.3) is 11.5 Å². The summed E-state index contributed by atoms with van der Waals surface area (Å²) in [5.41, 5.74) is 3.05. The molecule has 0 aliphatic carbocycles. The van der Waals surface area contributed by atoms with Crippen LogP contribution in [0.3, 0.4) is 0 Å². The number of pyridine rings is 1. The average molecular weight is 537 g/mol. The first-order valence-electron chi connectivity index (χ1n) is 12.0. The van der Waals surface area contributed by atoms with Crippen molar-refractivity contribution in [2.24, 2.45) is 0 Å². The summed E-state index contributed by atoms with van der Waals surface area (Å²) >= 11 is 0. The molecule has 1 amide bonds. The lowest BCUT2D eigenvalue weighted by atomic mass is 9.97. The molecule has 3 heterocycles. The van der Waals surface area contributed by atoms with E-state index in [2.05, 4.69) is 15.2 Å². The monoisotopic (exact) mass is 536 g/mol. The molecule has 0 spiro atoms. The maximum atomic E-state index is 12.3. The first kappa shape index (κ1) is 27.0. The topological polar surface area (TPSA) is 136 Å². The molecule has 1 aliphatic rings. The van der Waals surface area contributed by atoms with E-state index in [4.69, 9.17) is 13.7 Å². The van der Waals surface area contributed by atoms with E-state index in [0.29, 0.717) is 30.6 Å². The first-order valence-corrected chi connectivity index (χ1v) is 13.4. The Morgan fingerprint density at radius 3 is 2.18 bits per heavy atom. The van der Waals surface area contributed by atoms with Gasteiger partial charge in [0.1, 0.15) is 0 Å². The van der Waals surface area contributed by atoms with Crippen LogP contribution in [0.5, 0.6) is 5.75 Å². The molecule has 0 saturated carbocycles. The van der Waals surface area contributed by atoms with Crippen LogP contribution < -0.4 is 4.74 Å². The standard InChI is InChI=1S/C20H20N4O3.C7H8O3S/c1-14-4-6-15(7-5-14)18-22-23-19(27-18)16-8-11-24(12-9-16)20(25)26-17-3-2-10-21-13-17;1-6-2-4-7(5-3-6)11(8,9)10/h2-7,10,13,16H,8-9,11-12H2,1H3;2-5H,1H3,(H,8,9,10). The Morgan fingerprint density at radius 1 is 0.974 bits per heavy atom. The molecule has 11 heteroatoms. The second-order valence-electron chi connectivity index (χ2n) is 8.92. The van der Waals surface area contributed by atoms with Gasteiger partial charge in [-0.2, -0.15) is 8.42 Å². The zero-order valence-electron chi connectivity index (χ0n) is 21.0. The highest BCUT2D eigenvalue weighted by molar-refractivity contribution is 7.85. The molecule has 4 aromatic rings. The number of nitrogens with zero attached hydrogens (tertiary/aromatic N) is 4. The molecular weight excluding hydrogens is 508 g/mol. The normalized spacial score (nSPS) is 13.9. The van der Waals surface area contributed by atoms with E-state index in [-0.39, 0.29) is 16.9 Å². The van der Waals surface area contributed by atoms with E-state index in [1.165, 1.54) is 23.9 Å². The average Bonchev–Trinajstić information content (AvgIpc) is 3.40. The Labute approximate surface area is 221 Å². The van der Waals surface area contributed by atoms with E-state index in [1.54, 1.807) is 35.4 Å². The van der Waals surface area contributed by atoms with Crippen LogP contribution in [0, 0.1) is 13.8 Å². The smallest absolute Gasteiger partial charge is 0.415 e. The van der Waals surface area contributed by atoms with Crippen molar-refractivity contribution in [3.8, 4) is 17.2 Å². The zero-order valence-corrected chi connectivity index (χ0v) is 21.8. The molecule has 10 nitrogen and oxygen atoms in total. The molecule has 1 saturated heterocycles. The minimum Gasteiger partial charge on any atom is -0.420 e. The van der Waals surface area contributed by atoms with Crippen molar-refractivity contribution in [1.29, 1.82) is 0 Å². The Bertz CT molecular complexity index is 1450. The van der Waals surface area contributed by atoms with Gasteiger partial charge in [0.15, 0.2) is 5.75 Å². The Hall–Kier alpha value is -4.09. The minimum atomic E-state index is -4.02. The van der Waals surface area contributed by atoms with Crippen molar-refractivity contribution in [1.82, 2.24) is 20.1 Å². The van der Waals surface area contributed by atoms with Crippen LogP contribution in [0.2, 0.25) is 0 Å². The number of amides is 1. The molecule has 0 atom stereocenters. The Morgan fingerprint density at radius 2 is 1.61 bits per heavy atom. The summed E-state index contributed by atoms with van der Waals surface area (Å²) in [4.78, 5) is 17.8. The first-order chi connectivity index (χ1) is 18.2. The van der Waals surface area contributed by atoms with Gasteiger partial charge in [0, 0.05) is 30.8 Å². The van der Waals surface area contributed by atoms with Gasteiger partial charge in [-0.05, 0) is 63.1 Å². The highest BCUT2D eigenvalue weighted by Crippen LogP contribution is 2.29. The van der Waals surface area contributed by atoms with Gasteiger partial charge in [0.2, 0.25) is 11.8 Å². The van der Waals surface area contributed by atoms with Crippen molar-refractivity contribution in [2.45, 2.75) is 37.5 Å². The number of aromatic nitrogens is 3. The van der Waals surface area contributed by atoms with Crippen molar-refractivity contribution in [2.75, 3.05) is 13.1 Å². The number of piperidine rings is 1. The summed E-state index contributed by atoms with van der Waals surface area (Å²) in [5, 5.41) is 8.39. The van der Waals surface area contributed by atoms with Gasteiger partial charge in [-0.1, -0.05) is 35.4 Å². The lowest BCUT2D eigenvalue weighted by Crippen LogP contribution is -2.39. The van der Waals surface area contributed by atoms with E-state index in [0.717, 1.165) is 24.0 Å². The fraction of sp³-hybridized carbons (Fsp3) is 0.259. The number of hydrogen-bond acceptors (Lipinski definition) is 8. The van der Waals surface area contributed by atoms with Crippen molar-refractivity contribution < 1.29 is 26.9 Å². The minimum absolute atomic E-state index is 0.0666. The molecule has 2 aromatic heterocycles. The van der Waals surface area contributed by atoms with Crippen LogP contribution in [0.15, 0.2) is 82.4 Å². The van der Waals surface area contributed by atoms with Gasteiger partial charge in [0.05, 0.1) is 11.1 Å². The number of benzene rings is 2. The molecule has 2 aromatic carbocycles. The molecule has 1 N–H and O–H groups in total. The van der Waals surface area contributed by atoms with Crippen molar-refractivity contribution in [3.63, 3.8) is 0 Å². The van der Waals surface area contributed by atoms with Gasteiger partial charge in [-0.3, -0.25) is 9.54 Å². The second-order valence-corrected chi connectivity index (χ2v) is 10.3. The molecule has 1 fully saturated rings. The second kappa shape index (κ2) is 12.0. The zero-order chi connectivity index (χ0) is 27.1. The van der Waals surface area contributed by atoms with Gasteiger partial charge in [-0.25, -0.2) is 4.79 Å². The third-order valence-corrected chi connectivity index (χ3v) is 6.87. The number of rotatable bonds is 4. The van der Waals surface area contributed by atoms with Gasteiger partial charge in [-0.15, -0.1) is 10.2 Å². The number of hydrogen-bond donors (Lipinski definition) is 1. The summed E-state index contributed by atoms with van der Waals surface area (Å²) < 4.78 is 40.8. The maximum Gasteiger partial charge on any atom is 0.415 e. The molecule has 1 aliphatic heterocycles. The highest BCUT2D eigenvalue weighted by Gasteiger charge is 2.28. The molecule has 0 radical (unpaired) electrons. The fourth-order valence-electron chi connectivity index (χ4n) is 3.80. The number of carbonyl (C=O) groups excluding carboxylic acids is 1. The van der Waals surface area contributed by atoms with Gasteiger partial charge < -0.3 is 14.1 Å². The molecular formula is C27H28N4O6S. The number of ether oxygens (including phenoxy) is 1.